The zero-order valence-electron chi connectivity index (χ0n) is 16.9. The summed E-state index contributed by atoms with van der Waals surface area (Å²) in [5, 5.41) is 2.69. The van der Waals surface area contributed by atoms with Crippen molar-refractivity contribution in [3.8, 4) is 0 Å². The molecule has 156 valence electrons. The quantitative estimate of drug-likeness (QED) is 0.377. The number of aromatic nitrogens is 2. The molecule has 2 heterocycles. The van der Waals surface area contributed by atoms with Gasteiger partial charge in [-0.3, -0.25) is 19.0 Å². The van der Waals surface area contributed by atoms with Gasteiger partial charge in [-0.1, -0.05) is 64.5 Å². The molecule has 3 aromatic rings. The summed E-state index contributed by atoms with van der Waals surface area (Å²) in [5.74, 6) is -0.792. The Morgan fingerprint density at radius 1 is 1.19 bits per heavy atom. The van der Waals surface area contributed by atoms with E-state index >= 15 is 0 Å². The topological polar surface area (TPSA) is 99.6 Å². The zero-order chi connectivity index (χ0) is 22.0. The second-order valence-corrected chi connectivity index (χ2v) is 7.86. The van der Waals surface area contributed by atoms with Gasteiger partial charge in [-0.25, -0.2) is 9.79 Å². The number of thioether (sulfide) groups is 1. The third-order valence-corrected chi connectivity index (χ3v) is 5.53. The molecule has 0 aliphatic carbocycles. The Hall–Kier alpha value is -3.72. The number of amides is 1. The van der Waals surface area contributed by atoms with Gasteiger partial charge in [0.15, 0.2) is 12.2 Å². The van der Waals surface area contributed by atoms with E-state index < -0.39 is 11.4 Å². The fourth-order valence-corrected chi connectivity index (χ4v) is 4.03. The summed E-state index contributed by atoms with van der Waals surface area (Å²) >= 11 is 1.09. The molecule has 9 heteroatoms. The summed E-state index contributed by atoms with van der Waals surface area (Å²) in [6.07, 6.45) is 1.72. The first-order chi connectivity index (χ1) is 14.9. The van der Waals surface area contributed by atoms with Crippen LogP contribution >= 0.6 is 11.8 Å². The van der Waals surface area contributed by atoms with Crippen LogP contribution in [0.2, 0.25) is 0 Å². The van der Waals surface area contributed by atoms with Crippen LogP contribution in [0.3, 0.4) is 0 Å². The summed E-state index contributed by atoms with van der Waals surface area (Å²) < 4.78 is 5.86. The van der Waals surface area contributed by atoms with Crippen LogP contribution in [0.4, 0.5) is 5.69 Å². The molecule has 1 aromatic heterocycles. The van der Waals surface area contributed by atoms with E-state index in [0.29, 0.717) is 10.9 Å². The highest BCUT2D eigenvalue weighted by atomic mass is 32.2. The number of rotatable bonds is 5. The number of carbonyl (C=O) groups is 2. The molecule has 0 saturated heterocycles. The highest BCUT2D eigenvalue weighted by Crippen LogP contribution is 2.29. The Balaban J connectivity index is 1.65. The Labute approximate surface area is 181 Å². The van der Waals surface area contributed by atoms with Crippen molar-refractivity contribution in [3.63, 3.8) is 0 Å². The molecule has 0 atom stereocenters. The largest absolute Gasteiger partial charge is 0.438 e. The van der Waals surface area contributed by atoms with Crippen LogP contribution in [0.15, 0.2) is 74.6 Å². The first-order valence-electron chi connectivity index (χ1n) is 9.44. The Morgan fingerprint density at radius 2 is 1.97 bits per heavy atom. The van der Waals surface area contributed by atoms with E-state index in [2.05, 4.69) is 14.8 Å². The highest BCUT2D eigenvalue weighted by molar-refractivity contribution is 8.14. The van der Waals surface area contributed by atoms with Gasteiger partial charge < -0.3 is 0 Å². The Bertz CT molecular complexity index is 1270. The molecule has 1 aliphatic heterocycles. The zero-order valence-corrected chi connectivity index (χ0v) is 17.7. The van der Waals surface area contributed by atoms with E-state index in [-0.39, 0.29) is 23.1 Å². The lowest BCUT2D eigenvalue weighted by Gasteiger charge is -2.17. The minimum absolute atomic E-state index is 0.0797. The number of aliphatic imine (C=N–C) groups is 1. The maximum Gasteiger partial charge on any atom is 0.438 e. The van der Waals surface area contributed by atoms with E-state index in [1.165, 1.54) is 16.6 Å². The molecule has 0 bridgehead atoms. The molecule has 0 unspecified atom stereocenters. The van der Waals surface area contributed by atoms with E-state index in [0.717, 1.165) is 22.9 Å². The summed E-state index contributed by atoms with van der Waals surface area (Å²) in [7, 11) is 1.51. The van der Waals surface area contributed by atoms with Gasteiger partial charge in [0, 0.05) is 0 Å². The van der Waals surface area contributed by atoms with Gasteiger partial charge in [0.25, 0.3) is 5.91 Å². The molecule has 1 aliphatic rings. The number of aryl methyl sites for hydroxylation is 2. The van der Waals surface area contributed by atoms with Crippen molar-refractivity contribution in [3.05, 3.63) is 87.5 Å². The molecule has 1 amide bonds. The molecule has 1 N–H and O–H groups in total. The number of nitrogens with one attached hydrogen (secondary N) is 1. The van der Waals surface area contributed by atoms with Gasteiger partial charge in [0.1, 0.15) is 5.70 Å². The number of anilines is 1. The average molecular weight is 435 g/mol. The van der Waals surface area contributed by atoms with Crippen LogP contribution in [-0.2, 0) is 11.8 Å². The van der Waals surface area contributed by atoms with Crippen LogP contribution in [0.5, 0.6) is 0 Å². The third-order valence-electron chi connectivity index (χ3n) is 4.59. The van der Waals surface area contributed by atoms with Gasteiger partial charge in [0.2, 0.25) is 5.78 Å². The Kier molecular flexibility index (Phi) is 5.68. The van der Waals surface area contributed by atoms with E-state index in [9.17, 15) is 14.4 Å². The van der Waals surface area contributed by atoms with Crippen LogP contribution in [0.1, 0.15) is 21.6 Å². The van der Waals surface area contributed by atoms with Gasteiger partial charge in [-0.2, -0.15) is 0 Å². The molecule has 4 rings (SSSR count). The van der Waals surface area contributed by atoms with Gasteiger partial charge in [-0.05, 0) is 36.0 Å². The van der Waals surface area contributed by atoms with Crippen LogP contribution in [0, 0.1) is 6.92 Å². The SMILES string of the molecule is Cc1cccc(/C=C2/N=C(SCC(=O)c3c(=O)o[nH][n+]3C)N(c3ccccc3)C2=O)c1. The van der Waals surface area contributed by atoms with Crippen LogP contribution in [0.25, 0.3) is 6.08 Å². The number of Topliss-reactive ketones (excluding diaryl/α,β-unsaturated/α-hetero) is 1. The highest BCUT2D eigenvalue weighted by Gasteiger charge is 2.34. The minimum Gasteiger partial charge on any atom is -0.286 e. The van der Waals surface area contributed by atoms with Crippen molar-refractivity contribution >= 4 is 40.4 Å². The molecule has 0 spiro atoms. The summed E-state index contributed by atoms with van der Waals surface area (Å²) in [6, 6.07) is 16.8. The van der Waals surface area contributed by atoms with Crippen molar-refractivity contribution < 1.29 is 18.8 Å². The summed E-state index contributed by atoms with van der Waals surface area (Å²) in [6.45, 7) is 1.97. The third kappa shape index (κ3) is 4.26. The lowest BCUT2D eigenvalue weighted by atomic mass is 10.1. The standard InChI is InChI=1S/C22H18N4O4S/c1-14-7-6-8-15(11-14)12-17-20(28)26(16-9-4-3-5-10-16)22(23-17)31-13-18(27)19-21(29)30-24-25(19)2/h3-12H,13H2,1-2H3/p+1/b17-12+. The molecule has 0 radical (unpaired) electrons. The monoisotopic (exact) mass is 435 g/mol. The van der Waals surface area contributed by atoms with Crippen molar-refractivity contribution in [1.82, 2.24) is 5.27 Å². The van der Waals surface area contributed by atoms with E-state index in [1.807, 2.05) is 49.4 Å². The van der Waals surface area contributed by atoms with E-state index in [1.54, 1.807) is 18.2 Å². The number of aromatic amines is 1. The number of hydrogen-bond donors (Lipinski definition) is 1. The number of ketones is 1. The van der Waals surface area contributed by atoms with Gasteiger partial charge >= 0.3 is 11.3 Å². The predicted octanol–water partition coefficient (Wildman–Crippen LogP) is 2.46. The minimum atomic E-state index is -0.738. The second kappa shape index (κ2) is 8.57. The lowest BCUT2D eigenvalue weighted by Crippen LogP contribution is -2.40. The number of carbonyl (C=O) groups excluding carboxylic acids is 2. The van der Waals surface area contributed by atoms with Crippen molar-refractivity contribution in [2.45, 2.75) is 6.92 Å². The lowest BCUT2D eigenvalue weighted by molar-refractivity contribution is -0.741. The van der Waals surface area contributed by atoms with Gasteiger partial charge in [0.05, 0.1) is 11.4 Å². The van der Waals surface area contributed by atoms with E-state index in [4.69, 9.17) is 0 Å². The molecule has 0 saturated carbocycles. The number of hydrogen-bond acceptors (Lipinski definition) is 6. The summed E-state index contributed by atoms with van der Waals surface area (Å²) in [4.78, 5) is 43.4. The maximum atomic E-state index is 13.2. The predicted molar refractivity (Wildman–Crippen MR) is 118 cm³/mol. The molecule has 0 fully saturated rings. The number of nitrogens with zero attached hydrogens (tertiary/aromatic N) is 3. The van der Waals surface area contributed by atoms with Crippen molar-refractivity contribution in [2.75, 3.05) is 10.7 Å². The second-order valence-electron chi connectivity index (χ2n) is 6.91. The molecular formula is C22H19N4O4S+. The fraction of sp³-hybridized carbons (Fsp3) is 0.136. The smallest absolute Gasteiger partial charge is 0.286 e. The summed E-state index contributed by atoms with van der Waals surface area (Å²) in [5.41, 5.74) is 2.01. The van der Waals surface area contributed by atoms with Crippen LogP contribution in [-0.4, -0.2) is 27.9 Å². The maximum absolute atomic E-state index is 13.2. The molecule has 8 nitrogen and oxygen atoms in total. The number of para-hydroxylation sites is 1. The fourth-order valence-electron chi connectivity index (χ4n) is 3.16. The number of amidine groups is 1. The van der Waals surface area contributed by atoms with Crippen molar-refractivity contribution in [1.29, 1.82) is 0 Å². The molecule has 31 heavy (non-hydrogen) atoms. The number of benzene rings is 2. The normalized spacial score (nSPS) is 14.9. The Morgan fingerprint density at radius 3 is 2.65 bits per heavy atom. The average Bonchev–Trinajstić information content (AvgIpc) is 3.25. The molecule has 2 aromatic carbocycles. The van der Waals surface area contributed by atoms with Gasteiger partial charge in [-0.15, -0.1) is 0 Å². The number of H-pyrrole nitrogens is 1. The molecular weight excluding hydrogens is 416 g/mol. The first kappa shape index (κ1) is 20.5. The van der Waals surface area contributed by atoms with Crippen molar-refractivity contribution in [2.24, 2.45) is 12.0 Å². The van der Waals surface area contributed by atoms with Crippen LogP contribution < -0.4 is 15.2 Å². The first-order valence-corrected chi connectivity index (χ1v) is 10.4.